The van der Waals surface area contributed by atoms with Gasteiger partial charge in [-0.2, -0.15) is 0 Å². The van der Waals surface area contributed by atoms with Gasteiger partial charge in [-0.1, -0.05) is 13.8 Å². The minimum absolute atomic E-state index is 0.178. The zero-order valence-corrected chi connectivity index (χ0v) is 17.2. The average molecular weight is 392 g/mol. The van der Waals surface area contributed by atoms with E-state index in [9.17, 15) is 9.59 Å². The van der Waals surface area contributed by atoms with Crippen molar-refractivity contribution >= 4 is 11.7 Å². The fourth-order valence-electron chi connectivity index (χ4n) is 1.70. The van der Waals surface area contributed by atoms with Crippen LogP contribution in [0.4, 0.5) is 0 Å². The first kappa shape index (κ1) is 25.9. The van der Waals surface area contributed by atoms with Gasteiger partial charge in [0.25, 0.3) is 0 Å². The van der Waals surface area contributed by atoms with Gasteiger partial charge in [-0.25, -0.2) is 0 Å². The lowest BCUT2D eigenvalue weighted by Crippen LogP contribution is -2.44. The summed E-state index contributed by atoms with van der Waals surface area (Å²) in [6, 6.07) is 0.465. The van der Waals surface area contributed by atoms with Gasteiger partial charge in [-0.3, -0.25) is 9.59 Å². The quantitative estimate of drug-likeness (QED) is 0.267. The summed E-state index contributed by atoms with van der Waals surface area (Å²) in [6.07, 6.45) is 0. The number of carbonyl (C=O) groups is 2. The Morgan fingerprint density at radius 3 is 1.89 bits per heavy atom. The summed E-state index contributed by atoms with van der Waals surface area (Å²) in [5.41, 5.74) is 4.67. The molecule has 27 heavy (non-hydrogen) atoms. The largest absolute Gasteiger partial charge is 0.378 e. The first-order valence-corrected chi connectivity index (χ1v) is 9.36. The van der Waals surface area contributed by atoms with E-state index in [2.05, 4.69) is 24.5 Å². The van der Waals surface area contributed by atoms with Crippen molar-refractivity contribution in [1.82, 2.24) is 10.6 Å². The molecular weight excluding hydrogens is 354 g/mol. The SMILES string of the molecule is CC(C)NCCOCCOCCOCCNC(=O)COCC(=O)C(C)(C)N. The lowest BCUT2D eigenvalue weighted by atomic mass is 10.0. The molecule has 9 nitrogen and oxygen atoms in total. The van der Waals surface area contributed by atoms with Crippen molar-refractivity contribution in [3.63, 3.8) is 0 Å². The third kappa shape index (κ3) is 18.0. The number of ether oxygens (including phenoxy) is 4. The molecule has 0 radical (unpaired) electrons. The van der Waals surface area contributed by atoms with Crippen LogP contribution in [0.3, 0.4) is 0 Å². The molecule has 0 saturated heterocycles. The van der Waals surface area contributed by atoms with Gasteiger partial charge in [0.1, 0.15) is 13.2 Å². The summed E-state index contributed by atoms with van der Waals surface area (Å²) < 4.78 is 21.2. The summed E-state index contributed by atoms with van der Waals surface area (Å²) in [6.45, 7) is 11.3. The number of nitrogens with one attached hydrogen (secondary N) is 2. The van der Waals surface area contributed by atoms with Gasteiger partial charge in [-0.05, 0) is 13.8 Å². The van der Waals surface area contributed by atoms with Crippen molar-refractivity contribution < 1.29 is 28.5 Å². The number of carbonyl (C=O) groups excluding carboxylic acids is 2. The van der Waals surface area contributed by atoms with Crippen LogP contribution >= 0.6 is 0 Å². The van der Waals surface area contributed by atoms with E-state index < -0.39 is 5.54 Å². The molecular formula is C18H37N3O6. The number of ketones is 1. The third-order valence-corrected chi connectivity index (χ3v) is 3.30. The Morgan fingerprint density at radius 2 is 1.37 bits per heavy atom. The Labute approximate surface area is 162 Å². The molecule has 0 unspecified atom stereocenters. The van der Waals surface area contributed by atoms with Crippen molar-refractivity contribution in [3.05, 3.63) is 0 Å². The standard InChI is InChI=1S/C18H37N3O6/c1-15(2)20-5-7-24-9-11-26-12-10-25-8-6-21-17(23)14-27-13-16(22)18(3,4)19/h15,20H,5-14,19H2,1-4H3,(H,21,23). The molecule has 0 heterocycles. The van der Waals surface area contributed by atoms with Crippen molar-refractivity contribution in [2.24, 2.45) is 5.73 Å². The number of hydrogen-bond donors (Lipinski definition) is 3. The van der Waals surface area contributed by atoms with Gasteiger partial charge in [0.05, 0.1) is 45.2 Å². The topological polar surface area (TPSA) is 121 Å². The van der Waals surface area contributed by atoms with E-state index in [0.717, 1.165) is 6.54 Å². The maximum atomic E-state index is 11.5. The summed E-state index contributed by atoms with van der Waals surface area (Å²) in [4.78, 5) is 23.0. The minimum atomic E-state index is -0.955. The Bertz CT molecular complexity index is 399. The minimum Gasteiger partial charge on any atom is -0.378 e. The molecule has 0 aliphatic carbocycles. The van der Waals surface area contributed by atoms with E-state index >= 15 is 0 Å². The highest BCUT2D eigenvalue weighted by atomic mass is 16.5. The highest BCUT2D eigenvalue weighted by Gasteiger charge is 2.21. The van der Waals surface area contributed by atoms with Gasteiger partial charge >= 0.3 is 0 Å². The predicted molar refractivity (Wildman–Crippen MR) is 103 cm³/mol. The fourth-order valence-corrected chi connectivity index (χ4v) is 1.70. The molecule has 0 atom stereocenters. The second-order valence-electron chi connectivity index (χ2n) is 6.93. The van der Waals surface area contributed by atoms with Crippen LogP contribution < -0.4 is 16.4 Å². The van der Waals surface area contributed by atoms with E-state index in [1.807, 2.05) is 0 Å². The van der Waals surface area contributed by atoms with Gasteiger partial charge in [0, 0.05) is 19.1 Å². The number of rotatable bonds is 18. The van der Waals surface area contributed by atoms with Crippen molar-refractivity contribution in [2.45, 2.75) is 39.3 Å². The molecule has 0 bridgehead atoms. The van der Waals surface area contributed by atoms with Gasteiger partial charge in [0.15, 0.2) is 5.78 Å². The molecule has 0 aromatic heterocycles. The third-order valence-electron chi connectivity index (χ3n) is 3.30. The molecule has 0 aromatic carbocycles. The molecule has 0 rings (SSSR count). The first-order valence-electron chi connectivity index (χ1n) is 9.36. The molecule has 0 aliphatic rings. The highest BCUT2D eigenvalue weighted by molar-refractivity contribution is 5.88. The number of amides is 1. The van der Waals surface area contributed by atoms with E-state index in [0.29, 0.717) is 52.2 Å². The Kier molecular flexibility index (Phi) is 15.3. The van der Waals surface area contributed by atoms with E-state index in [1.54, 1.807) is 13.8 Å². The van der Waals surface area contributed by atoms with E-state index in [1.165, 1.54) is 0 Å². The second-order valence-corrected chi connectivity index (χ2v) is 6.93. The smallest absolute Gasteiger partial charge is 0.246 e. The Morgan fingerprint density at radius 1 is 0.852 bits per heavy atom. The normalized spacial score (nSPS) is 11.8. The van der Waals surface area contributed by atoms with Crippen molar-refractivity contribution in [3.8, 4) is 0 Å². The van der Waals surface area contributed by atoms with Crippen molar-refractivity contribution in [1.29, 1.82) is 0 Å². The van der Waals surface area contributed by atoms with E-state index in [4.69, 9.17) is 24.7 Å². The van der Waals surface area contributed by atoms with Crippen molar-refractivity contribution in [2.75, 3.05) is 65.9 Å². The maximum absolute atomic E-state index is 11.5. The van der Waals surface area contributed by atoms with Crippen LogP contribution in [0, 0.1) is 0 Å². The average Bonchev–Trinajstić information content (AvgIpc) is 2.57. The number of Topliss-reactive ketones (excluding diaryl/α,β-unsaturated/α-hetero) is 1. The second kappa shape index (κ2) is 15.9. The summed E-state index contributed by atoms with van der Waals surface area (Å²) in [5.74, 6) is -0.558. The summed E-state index contributed by atoms with van der Waals surface area (Å²) >= 11 is 0. The zero-order valence-electron chi connectivity index (χ0n) is 17.2. The molecule has 160 valence electrons. The summed E-state index contributed by atoms with van der Waals surface area (Å²) in [5, 5.41) is 5.90. The Balaban J connectivity index is 3.30. The zero-order chi connectivity index (χ0) is 20.5. The predicted octanol–water partition coefficient (Wildman–Crippen LogP) is -0.527. The molecule has 0 aromatic rings. The lowest BCUT2D eigenvalue weighted by molar-refractivity contribution is -0.132. The van der Waals surface area contributed by atoms with Crippen LogP contribution in [0.15, 0.2) is 0 Å². The van der Waals surface area contributed by atoms with Gasteiger partial charge < -0.3 is 35.3 Å². The highest BCUT2D eigenvalue weighted by Crippen LogP contribution is 1.98. The van der Waals surface area contributed by atoms with Crippen LogP contribution in [0.5, 0.6) is 0 Å². The van der Waals surface area contributed by atoms with Crippen LogP contribution in [-0.2, 0) is 28.5 Å². The lowest BCUT2D eigenvalue weighted by Gasteiger charge is -2.16. The van der Waals surface area contributed by atoms with Crippen LogP contribution in [0.2, 0.25) is 0 Å². The van der Waals surface area contributed by atoms with E-state index in [-0.39, 0.29) is 24.9 Å². The maximum Gasteiger partial charge on any atom is 0.246 e. The van der Waals surface area contributed by atoms with Gasteiger partial charge in [0.2, 0.25) is 5.91 Å². The number of nitrogens with two attached hydrogens (primary N) is 1. The first-order chi connectivity index (χ1) is 12.7. The molecule has 0 saturated carbocycles. The van der Waals surface area contributed by atoms with Crippen LogP contribution in [-0.4, -0.2) is 89.2 Å². The fraction of sp³-hybridized carbons (Fsp3) is 0.889. The Hall–Kier alpha value is -1.10. The monoisotopic (exact) mass is 391 g/mol. The van der Waals surface area contributed by atoms with Crippen LogP contribution in [0.25, 0.3) is 0 Å². The molecule has 0 aliphatic heterocycles. The van der Waals surface area contributed by atoms with Gasteiger partial charge in [-0.15, -0.1) is 0 Å². The van der Waals surface area contributed by atoms with Crippen LogP contribution in [0.1, 0.15) is 27.7 Å². The molecule has 0 fully saturated rings. The molecule has 0 spiro atoms. The molecule has 4 N–H and O–H groups in total. The molecule has 1 amide bonds. The number of hydrogen-bond acceptors (Lipinski definition) is 8. The summed E-state index contributed by atoms with van der Waals surface area (Å²) in [7, 11) is 0. The molecule has 9 heteroatoms.